The van der Waals surface area contributed by atoms with Crippen LogP contribution >= 0.6 is 23.2 Å². The van der Waals surface area contributed by atoms with Crippen LogP contribution in [0.15, 0.2) is 53.6 Å². The summed E-state index contributed by atoms with van der Waals surface area (Å²) in [4.78, 5) is 12.3. The molecule has 0 saturated heterocycles. The van der Waals surface area contributed by atoms with Gasteiger partial charge in [0.2, 0.25) is 0 Å². The summed E-state index contributed by atoms with van der Waals surface area (Å²) in [7, 11) is 0. The molecule has 0 aliphatic carbocycles. The van der Waals surface area contributed by atoms with Crippen molar-refractivity contribution >= 4 is 34.8 Å². The molecule has 26 heavy (non-hydrogen) atoms. The van der Waals surface area contributed by atoms with Crippen LogP contribution in [0.25, 0.3) is 11.3 Å². The van der Waals surface area contributed by atoms with Crippen LogP contribution in [0.2, 0.25) is 10.0 Å². The predicted molar refractivity (Wildman–Crippen MR) is 105 cm³/mol. The zero-order valence-corrected chi connectivity index (χ0v) is 15.7. The van der Waals surface area contributed by atoms with Gasteiger partial charge in [0.15, 0.2) is 0 Å². The van der Waals surface area contributed by atoms with Crippen molar-refractivity contribution in [1.82, 2.24) is 15.6 Å². The van der Waals surface area contributed by atoms with E-state index in [0.717, 1.165) is 16.7 Å². The second-order valence-electron chi connectivity index (χ2n) is 5.80. The summed E-state index contributed by atoms with van der Waals surface area (Å²) in [6.07, 6.45) is 0. The maximum Gasteiger partial charge on any atom is 0.289 e. The Labute approximate surface area is 161 Å². The zero-order chi connectivity index (χ0) is 18.7. The largest absolute Gasteiger partial charge is 0.289 e. The van der Waals surface area contributed by atoms with E-state index in [1.807, 2.05) is 31.2 Å². The van der Waals surface area contributed by atoms with Crippen LogP contribution < -0.4 is 5.43 Å². The van der Waals surface area contributed by atoms with E-state index >= 15 is 0 Å². The van der Waals surface area contributed by atoms with Crippen LogP contribution in [0.1, 0.15) is 28.5 Å². The number of hydrogen-bond donors (Lipinski definition) is 2. The molecular weight excluding hydrogens is 371 g/mol. The van der Waals surface area contributed by atoms with E-state index in [-0.39, 0.29) is 5.91 Å². The fourth-order valence-electron chi connectivity index (χ4n) is 2.29. The van der Waals surface area contributed by atoms with Crippen molar-refractivity contribution in [3.63, 3.8) is 0 Å². The Bertz CT molecular complexity index is 977. The first kappa shape index (κ1) is 18.2. The van der Waals surface area contributed by atoms with Gasteiger partial charge >= 0.3 is 0 Å². The lowest BCUT2D eigenvalue weighted by Gasteiger charge is -2.03. The van der Waals surface area contributed by atoms with Gasteiger partial charge < -0.3 is 0 Å². The monoisotopic (exact) mass is 386 g/mol. The number of carbonyl (C=O) groups is 1. The normalized spacial score (nSPS) is 11.5. The second kappa shape index (κ2) is 7.72. The summed E-state index contributed by atoms with van der Waals surface area (Å²) in [6, 6.07) is 14.8. The molecule has 0 unspecified atom stereocenters. The minimum atomic E-state index is -0.379. The van der Waals surface area contributed by atoms with E-state index < -0.39 is 0 Å². The maximum atomic E-state index is 12.3. The number of aryl methyl sites for hydroxylation is 1. The van der Waals surface area contributed by atoms with E-state index in [0.29, 0.717) is 27.1 Å². The Hall–Kier alpha value is -2.63. The van der Waals surface area contributed by atoms with Crippen LogP contribution in [-0.2, 0) is 0 Å². The molecule has 0 fully saturated rings. The molecular formula is C19H16Cl2N4O. The number of amides is 1. The van der Waals surface area contributed by atoms with Gasteiger partial charge in [0, 0.05) is 5.56 Å². The molecule has 0 atom stereocenters. The topological polar surface area (TPSA) is 70.1 Å². The van der Waals surface area contributed by atoms with E-state index in [2.05, 4.69) is 20.7 Å². The van der Waals surface area contributed by atoms with Crippen molar-refractivity contribution in [3.8, 4) is 11.3 Å². The molecule has 1 aromatic heterocycles. The third-order valence-electron chi connectivity index (χ3n) is 3.83. The molecule has 132 valence electrons. The Balaban J connectivity index is 1.72. The molecule has 2 aromatic carbocycles. The highest BCUT2D eigenvalue weighted by Crippen LogP contribution is 2.23. The first-order valence-corrected chi connectivity index (χ1v) is 8.62. The van der Waals surface area contributed by atoms with Crippen molar-refractivity contribution < 1.29 is 4.79 Å². The highest BCUT2D eigenvalue weighted by atomic mass is 35.5. The second-order valence-corrected chi connectivity index (χ2v) is 6.61. The molecule has 1 amide bonds. The van der Waals surface area contributed by atoms with Crippen LogP contribution in [0.4, 0.5) is 0 Å². The summed E-state index contributed by atoms with van der Waals surface area (Å²) in [6.45, 7) is 3.78. The third kappa shape index (κ3) is 4.12. The lowest BCUT2D eigenvalue weighted by Crippen LogP contribution is -2.19. The average Bonchev–Trinajstić information content (AvgIpc) is 3.12. The van der Waals surface area contributed by atoms with Crippen LogP contribution in [0.3, 0.4) is 0 Å². The number of H-pyrrole nitrogens is 1. The number of nitrogens with zero attached hydrogens (tertiary/aromatic N) is 2. The molecule has 0 radical (unpaired) electrons. The summed E-state index contributed by atoms with van der Waals surface area (Å²) in [5.74, 6) is -0.379. The van der Waals surface area contributed by atoms with Gasteiger partial charge in [-0.2, -0.15) is 10.2 Å². The van der Waals surface area contributed by atoms with Gasteiger partial charge in [0.1, 0.15) is 5.69 Å². The molecule has 0 saturated carbocycles. The quantitative estimate of drug-likeness (QED) is 0.497. The Kier molecular flexibility index (Phi) is 5.40. The number of benzene rings is 2. The van der Waals surface area contributed by atoms with E-state index in [1.165, 1.54) is 0 Å². The number of halogens is 2. The first-order valence-electron chi connectivity index (χ1n) is 7.86. The number of aromatic amines is 1. The van der Waals surface area contributed by atoms with Crippen molar-refractivity contribution in [3.05, 3.63) is 75.4 Å². The van der Waals surface area contributed by atoms with Gasteiger partial charge in [0.25, 0.3) is 5.91 Å². The minimum Gasteiger partial charge on any atom is -0.272 e. The number of nitrogens with one attached hydrogen (secondary N) is 2. The number of aromatic nitrogens is 2. The smallest absolute Gasteiger partial charge is 0.272 e. The average molecular weight is 387 g/mol. The summed E-state index contributed by atoms with van der Waals surface area (Å²) < 4.78 is 0. The number of rotatable bonds is 4. The predicted octanol–water partition coefficient (Wildman–Crippen LogP) is 4.85. The van der Waals surface area contributed by atoms with Crippen LogP contribution in [-0.4, -0.2) is 21.8 Å². The number of carbonyl (C=O) groups excluding carboxylic acids is 1. The Morgan fingerprint density at radius 1 is 1.08 bits per heavy atom. The third-order valence-corrected chi connectivity index (χ3v) is 4.57. The van der Waals surface area contributed by atoms with Crippen molar-refractivity contribution in [2.75, 3.05) is 0 Å². The Morgan fingerprint density at radius 3 is 2.50 bits per heavy atom. The van der Waals surface area contributed by atoms with Gasteiger partial charge in [-0.15, -0.1) is 0 Å². The van der Waals surface area contributed by atoms with E-state index in [1.54, 1.807) is 31.2 Å². The zero-order valence-electron chi connectivity index (χ0n) is 14.2. The van der Waals surface area contributed by atoms with Crippen LogP contribution in [0.5, 0.6) is 0 Å². The molecule has 0 aliphatic rings. The van der Waals surface area contributed by atoms with Crippen molar-refractivity contribution in [1.29, 1.82) is 0 Å². The molecule has 1 heterocycles. The lowest BCUT2D eigenvalue weighted by atomic mass is 10.1. The summed E-state index contributed by atoms with van der Waals surface area (Å²) in [5.41, 5.74) is 7.00. The molecule has 3 aromatic rings. The molecule has 0 spiro atoms. The maximum absolute atomic E-state index is 12.3. The molecule has 5 nitrogen and oxygen atoms in total. The molecule has 7 heteroatoms. The number of hydrogen-bond acceptors (Lipinski definition) is 3. The highest BCUT2D eigenvalue weighted by molar-refractivity contribution is 6.42. The summed E-state index contributed by atoms with van der Waals surface area (Å²) >= 11 is 11.9. The fourth-order valence-corrected chi connectivity index (χ4v) is 2.59. The van der Waals surface area contributed by atoms with Crippen molar-refractivity contribution in [2.45, 2.75) is 13.8 Å². The van der Waals surface area contributed by atoms with Crippen molar-refractivity contribution in [2.24, 2.45) is 5.10 Å². The standard InChI is InChI=1S/C19H16Cl2N4O/c1-11-3-5-13(6-4-11)17-10-18(24-23-17)19(26)25-22-12(2)14-7-8-15(20)16(21)9-14/h3-10H,1-2H3,(H,23,24)(H,25,26). The lowest BCUT2D eigenvalue weighted by molar-refractivity contribution is 0.0950. The van der Waals surface area contributed by atoms with E-state index in [4.69, 9.17) is 23.2 Å². The van der Waals surface area contributed by atoms with Gasteiger partial charge in [-0.1, -0.05) is 59.1 Å². The Morgan fingerprint density at radius 2 is 1.81 bits per heavy atom. The van der Waals surface area contributed by atoms with Crippen LogP contribution in [0, 0.1) is 6.92 Å². The minimum absolute atomic E-state index is 0.325. The fraction of sp³-hybridized carbons (Fsp3) is 0.105. The molecule has 0 bridgehead atoms. The SMILES string of the molecule is CC(=NNC(=O)c1cc(-c2ccc(C)cc2)n[nH]1)c1ccc(Cl)c(Cl)c1. The molecule has 0 aliphatic heterocycles. The molecule has 2 N–H and O–H groups in total. The van der Waals surface area contributed by atoms with Gasteiger partial charge in [0.05, 0.1) is 21.5 Å². The van der Waals surface area contributed by atoms with E-state index in [9.17, 15) is 4.79 Å². The van der Waals surface area contributed by atoms with Gasteiger partial charge in [-0.05, 0) is 37.6 Å². The van der Waals surface area contributed by atoms with Gasteiger partial charge in [-0.25, -0.2) is 5.43 Å². The molecule has 3 rings (SSSR count). The number of hydrazone groups is 1. The highest BCUT2D eigenvalue weighted by Gasteiger charge is 2.11. The summed E-state index contributed by atoms with van der Waals surface area (Å²) in [5, 5.41) is 11.9. The van der Waals surface area contributed by atoms with Gasteiger partial charge in [-0.3, -0.25) is 9.89 Å². The first-order chi connectivity index (χ1) is 12.4.